The van der Waals surface area contributed by atoms with Crippen molar-refractivity contribution in [3.63, 3.8) is 0 Å². The lowest BCUT2D eigenvalue weighted by atomic mass is 9.99. The Bertz CT molecular complexity index is 147. The Morgan fingerprint density at radius 1 is 1.54 bits per heavy atom. The first-order chi connectivity index (χ1) is 6.36. The number of allylic oxidation sites excluding steroid dienone is 1. The summed E-state index contributed by atoms with van der Waals surface area (Å²) in [6.45, 7) is 7.55. The molecule has 2 heteroatoms. The van der Waals surface area contributed by atoms with E-state index < -0.39 is 0 Å². The largest absolute Gasteiger partial charge is 0.396 e. The van der Waals surface area contributed by atoms with Crippen LogP contribution in [0.25, 0.3) is 0 Å². The minimum atomic E-state index is 0.359. The summed E-state index contributed by atoms with van der Waals surface area (Å²) >= 11 is 0. The Morgan fingerprint density at radius 2 is 2.38 bits per heavy atom. The molecule has 1 aliphatic rings. The number of likely N-dealkylation sites (tertiary alicyclic amines) is 1. The highest BCUT2D eigenvalue weighted by Crippen LogP contribution is 2.15. The summed E-state index contributed by atoms with van der Waals surface area (Å²) < 4.78 is 0. The number of nitrogens with zero attached hydrogens (tertiary/aromatic N) is 1. The van der Waals surface area contributed by atoms with Gasteiger partial charge in [-0.3, -0.25) is 0 Å². The number of aliphatic hydroxyl groups is 1. The van der Waals surface area contributed by atoms with Crippen LogP contribution in [-0.2, 0) is 0 Å². The van der Waals surface area contributed by atoms with Crippen LogP contribution in [0, 0.1) is 5.92 Å². The summed E-state index contributed by atoms with van der Waals surface area (Å²) in [6, 6.07) is 0. The molecule has 0 aromatic rings. The Labute approximate surface area is 81.2 Å². The first kappa shape index (κ1) is 10.7. The van der Waals surface area contributed by atoms with E-state index in [-0.39, 0.29) is 0 Å². The molecule has 1 unspecified atom stereocenters. The fourth-order valence-electron chi connectivity index (χ4n) is 1.96. The molecular weight excluding hydrogens is 162 g/mol. The van der Waals surface area contributed by atoms with Gasteiger partial charge >= 0.3 is 0 Å². The van der Waals surface area contributed by atoms with Gasteiger partial charge in [-0.2, -0.15) is 0 Å². The molecule has 1 aliphatic heterocycles. The van der Waals surface area contributed by atoms with Gasteiger partial charge in [0, 0.05) is 13.2 Å². The van der Waals surface area contributed by atoms with Gasteiger partial charge in [-0.1, -0.05) is 6.08 Å². The van der Waals surface area contributed by atoms with Crippen molar-refractivity contribution in [3.8, 4) is 0 Å². The Balaban J connectivity index is 2.14. The van der Waals surface area contributed by atoms with Crippen molar-refractivity contribution in [2.45, 2.75) is 25.7 Å². The zero-order valence-electron chi connectivity index (χ0n) is 8.41. The Hall–Kier alpha value is -0.340. The number of hydrogen-bond donors (Lipinski definition) is 1. The molecule has 1 saturated heterocycles. The second-order valence-corrected chi connectivity index (χ2v) is 3.92. The molecular formula is C11H21NO. The van der Waals surface area contributed by atoms with E-state index in [1.54, 1.807) is 0 Å². The van der Waals surface area contributed by atoms with Gasteiger partial charge in [0.15, 0.2) is 0 Å². The highest BCUT2D eigenvalue weighted by Gasteiger charge is 2.17. The summed E-state index contributed by atoms with van der Waals surface area (Å²) in [7, 11) is 0. The van der Waals surface area contributed by atoms with Crippen molar-refractivity contribution < 1.29 is 5.11 Å². The molecule has 2 nitrogen and oxygen atoms in total. The van der Waals surface area contributed by atoms with Crippen molar-refractivity contribution in [2.24, 2.45) is 5.92 Å². The first-order valence-corrected chi connectivity index (χ1v) is 5.31. The van der Waals surface area contributed by atoms with E-state index in [1.807, 2.05) is 6.08 Å². The monoisotopic (exact) mass is 183 g/mol. The number of piperidine rings is 1. The summed E-state index contributed by atoms with van der Waals surface area (Å²) in [6.07, 6.45) is 6.75. The van der Waals surface area contributed by atoms with E-state index >= 15 is 0 Å². The number of rotatable bonds is 5. The summed E-state index contributed by atoms with van der Waals surface area (Å²) in [5.74, 6) is 0.525. The number of unbranched alkanes of at least 4 members (excludes halogenated alkanes) is 1. The number of hydrogen-bond acceptors (Lipinski definition) is 2. The quantitative estimate of drug-likeness (QED) is 0.517. The molecule has 0 spiro atoms. The van der Waals surface area contributed by atoms with Crippen LogP contribution in [0.2, 0.25) is 0 Å². The predicted molar refractivity (Wildman–Crippen MR) is 55.7 cm³/mol. The fourth-order valence-corrected chi connectivity index (χ4v) is 1.96. The topological polar surface area (TPSA) is 23.5 Å². The molecule has 1 heterocycles. The molecule has 1 N–H and O–H groups in total. The second kappa shape index (κ2) is 6.17. The third-order valence-corrected chi connectivity index (χ3v) is 2.74. The molecule has 0 aromatic carbocycles. The molecule has 1 fully saturated rings. The van der Waals surface area contributed by atoms with Crippen molar-refractivity contribution >= 4 is 0 Å². The second-order valence-electron chi connectivity index (χ2n) is 3.92. The van der Waals surface area contributed by atoms with Gasteiger partial charge in [0.25, 0.3) is 0 Å². The molecule has 1 atom stereocenters. The minimum absolute atomic E-state index is 0.359. The lowest BCUT2D eigenvalue weighted by molar-refractivity contribution is 0.120. The van der Waals surface area contributed by atoms with E-state index in [4.69, 9.17) is 5.11 Å². The molecule has 1 rings (SSSR count). The van der Waals surface area contributed by atoms with Crippen LogP contribution < -0.4 is 0 Å². The van der Waals surface area contributed by atoms with Crippen LogP contribution in [0.5, 0.6) is 0 Å². The van der Waals surface area contributed by atoms with Crippen LogP contribution in [0.4, 0.5) is 0 Å². The molecule has 0 aromatic heterocycles. The minimum Gasteiger partial charge on any atom is -0.396 e. The molecule has 0 amide bonds. The van der Waals surface area contributed by atoms with E-state index in [1.165, 1.54) is 32.4 Å². The maximum atomic E-state index is 9.04. The average molecular weight is 183 g/mol. The van der Waals surface area contributed by atoms with Gasteiger partial charge in [0.05, 0.1) is 0 Å². The third kappa shape index (κ3) is 3.92. The highest BCUT2D eigenvalue weighted by molar-refractivity contribution is 4.74. The van der Waals surface area contributed by atoms with Gasteiger partial charge in [-0.15, -0.1) is 6.58 Å². The smallest absolute Gasteiger partial charge is 0.0471 e. The zero-order valence-corrected chi connectivity index (χ0v) is 8.41. The van der Waals surface area contributed by atoms with Crippen LogP contribution in [-0.4, -0.2) is 36.2 Å². The summed E-state index contributed by atoms with van der Waals surface area (Å²) in [4.78, 5) is 2.47. The van der Waals surface area contributed by atoms with Crippen LogP contribution in [0.15, 0.2) is 12.7 Å². The Morgan fingerprint density at radius 3 is 3.08 bits per heavy atom. The van der Waals surface area contributed by atoms with Crippen molar-refractivity contribution in [1.82, 2.24) is 4.90 Å². The van der Waals surface area contributed by atoms with Gasteiger partial charge in [-0.25, -0.2) is 0 Å². The molecule has 0 saturated carbocycles. The van der Waals surface area contributed by atoms with Crippen LogP contribution >= 0.6 is 0 Å². The first-order valence-electron chi connectivity index (χ1n) is 5.31. The zero-order chi connectivity index (χ0) is 9.52. The van der Waals surface area contributed by atoms with Gasteiger partial charge in [0.2, 0.25) is 0 Å². The summed E-state index contributed by atoms with van der Waals surface area (Å²) in [5.41, 5.74) is 0. The maximum Gasteiger partial charge on any atom is 0.0471 e. The van der Waals surface area contributed by atoms with Gasteiger partial charge < -0.3 is 10.0 Å². The van der Waals surface area contributed by atoms with E-state index in [0.717, 1.165) is 13.0 Å². The molecule has 0 aliphatic carbocycles. The van der Waals surface area contributed by atoms with E-state index in [0.29, 0.717) is 12.5 Å². The van der Waals surface area contributed by atoms with Crippen molar-refractivity contribution in [1.29, 1.82) is 0 Å². The lowest BCUT2D eigenvalue weighted by Crippen LogP contribution is -2.37. The maximum absolute atomic E-state index is 9.04. The van der Waals surface area contributed by atoms with Gasteiger partial charge in [-0.05, 0) is 44.7 Å². The molecule has 13 heavy (non-hydrogen) atoms. The standard InChI is InChI=1S/C11H21NO/c1-2-3-4-7-12-8-5-6-11(9-12)10-13/h2,11,13H,1,3-10H2. The van der Waals surface area contributed by atoms with E-state index in [2.05, 4.69) is 11.5 Å². The molecule has 0 radical (unpaired) electrons. The summed E-state index contributed by atoms with van der Waals surface area (Å²) in [5, 5.41) is 9.04. The van der Waals surface area contributed by atoms with E-state index in [9.17, 15) is 0 Å². The SMILES string of the molecule is C=CCCCN1CCCC(CO)C1. The van der Waals surface area contributed by atoms with Crippen LogP contribution in [0.1, 0.15) is 25.7 Å². The molecule has 0 bridgehead atoms. The lowest BCUT2D eigenvalue weighted by Gasteiger charge is -2.31. The number of aliphatic hydroxyl groups excluding tert-OH is 1. The van der Waals surface area contributed by atoms with Crippen LogP contribution in [0.3, 0.4) is 0 Å². The van der Waals surface area contributed by atoms with Crippen molar-refractivity contribution in [3.05, 3.63) is 12.7 Å². The predicted octanol–water partition coefficient (Wildman–Crippen LogP) is 1.66. The van der Waals surface area contributed by atoms with Crippen molar-refractivity contribution in [2.75, 3.05) is 26.2 Å². The molecule has 76 valence electrons. The Kier molecular flexibility index (Phi) is 5.09. The highest BCUT2D eigenvalue weighted by atomic mass is 16.3. The fraction of sp³-hybridized carbons (Fsp3) is 0.818. The third-order valence-electron chi connectivity index (χ3n) is 2.74. The normalized spacial score (nSPS) is 24.5. The average Bonchev–Trinajstić information content (AvgIpc) is 2.19. The van der Waals surface area contributed by atoms with Gasteiger partial charge in [0.1, 0.15) is 0 Å².